The Morgan fingerprint density at radius 2 is 2.17 bits per heavy atom. The molecule has 100 valence electrons. The fraction of sp³-hybridized carbons (Fsp3) is 0.400. The van der Waals surface area contributed by atoms with Crippen molar-refractivity contribution in [1.29, 1.82) is 0 Å². The van der Waals surface area contributed by atoms with Crippen molar-refractivity contribution in [3.63, 3.8) is 0 Å². The first kappa shape index (κ1) is 14.2. The fourth-order valence-corrected chi connectivity index (χ4v) is 5.14. The molecule has 0 amide bonds. The zero-order valence-corrected chi connectivity index (χ0v) is 12.4. The number of nitrogens with two attached hydrogens (primary N) is 1. The van der Waals surface area contributed by atoms with Crippen LogP contribution in [0.15, 0.2) is 21.5 Å². The van der Waals surface area contributed by atoms with E-state index < -0.39 is 15.8 Å². The van der Waals surface area contributed by atoms with Crippen LogP contribution in [-0.2, 0) is 10.0 Å². The summed E-state index contributed by atoms with van der Waals surface area (Å²) in [5, 5.41) is -0.137. The highest BCUT2D eigenvalue weighted by atomic mass is 79.9. The molecule has 0 bridgehead atoms. The zero-order chi connectivity index (χ0) is 13.5. The summed E-state index contributed by atoms with van der Waals surface area (Å²) in [4.78, 5) is -0.111. The molecule has 1 heterocycles. The van der Waals surface area contributed by atoms with Gasteiger partial charge in [-0.3, -0.25) is 0 Å². The molecule has 18 heavy (non-hydrogen) atoms. The lowest BCUT2D eigenvalue weighted by Gasteiger charge is -2.18. The third-order valence-electron chi connectivity index (χ3n) is 2.75. The van der Waals surface area contributed by atoms with Crippen LogP contribution < -0.4 is 5.73 Å². The van der Waals surface area contributed by atoms with Crippen molar-refractivity contribution in [2.45, 2.75) is 17.4 Å². The van der Waals surface area contributed by atoms with Gasteiger partial charge in [0.2, 0.25) is 10.0 Å². The Kier molecular flexibility index (Phi) is 3.99. The number of hydrogen-bond donors (Lipinski definition) is 1. The van der Waals surface area contributed by atoms with Crippen LogP contribution in [0.4, 0.5) is 4.39 Å². The summed E-state index contributed by atoms with van der Waals surface area (Å²) in [6.07, 6.45) is 0.607. The van der Waals surface area contributed by atoms with Gasteiger partial charge in [0, 0.05) is 23.6 Å². The summed E-state index contributed by atoms with van der Waals surface area (Å²) in [6, 6.07) is 1.89. The van der Waals surface area contributed by atoms with E-state index in [1.54, 1.807) is 0 Å². The molecule has 0 saturated carbocycles. The standard InChI is InChI=1S/C10H11BrClFN2O2S/c11-8-3-6(13)4-9(12)10(8)18(16,17)15-2-1-7(14)5-15/h3-4,7H,1-2,5,14H2/t7-/m1/s1. The fourth-order valence-electron chi connectivity index (χ4n) is 1.88. The minimum atomic E-state index is -3.74. The molecule has 1 fully saturated rings. The van der Waals surface area contributed by atoms with Crippen LogP contribution in [0.2, 0.25) is 5.02 Å². The van der Waals surface area contributed by atoms with E-state index in [4.69, 9.17) is 17.3 Å². The molecule has 8 heteroatoms. The second-order valence-electron chi connectivity index (χ2n) is 4.11. The van der Waals surface area contributed by atoms with Gasteiger partial charge in [0.1, 0.15) is 10.7 Å². The number of nitrogens with zero attached hydrogens (tertiary/aromatic N) is 1. The topological polar surface area (TPSA) is 63.4 Å². The van der Waals surface area contributed by atoms with Crippen LogP contribution in [-0.4, -0.2) is 31.9 Å². The highest BCUT2D eigenvalue weighted by Crippen LogP contribution is 2.33. The molecule has 1 aromatic rings. The Hall–Kier alpha value is -0.210. The van der Waals surface area contributed by atoms with E-state index in [2.05, 4.69) is 15.9 Å². The summed E-state index contributed by atoms with van der Waals surface area (Å²) in [7, 11) is -3.74. The first-order chi connectivity index (χ1) is 8.32. The SMILES string of the molecule is N[C@@H]1CCN(S(=O)(=O)c2c(Cl)cc(F)cc2Br)C1. The molecule has 2 N–H and O–H groups in total. The van der Waals surface area contributed by atoms with E-state index in [0.717, 1.165) is 12.1 Å². The molecule has 1 aliphatic heterocycles. The Morgan fingerprint density at radius 3 is 2.67 bits per heavy atom. The van der Waals surface area contributed by atoms with Crippen LogP contribution in [0.5, 0.6) is 0 Å². The van der Waals surface area contributed by atoms with Gasteiger partial charge in [0.05, 0.1) is 5.02 Å². The predicted molar refractivity (Wildman–Crippen MR) is 70.5 cm³/mol. The molecule has 1 aromatic carbocycles. The Labute approximate surface area is 118 Å². The van der Waals surface area contributed by atoms with Gasteiger partial charge in [0.15, 0.2) is 0 Å². The van der Waals surface area contributed by atoms with Crippen LogP contribution in [0.3, 0.4) is 0 Å². The van der Waals surface area contributed by atoms with E-state index in [1.807, 2.05) is 0 Å². The van der Waals surface area contributed by atoms with Gasteiger partial charge in [-0.2, -0.15) is 4.31 Å². The van der Waals surface area contributed by atoms with Crippen molar-refractivity contribution in [1.82, 2.24) is 4.31 Å². The second kappa shape index (κ2) is 5.05. The van der Waals surface area contributed by atoms with Gasteiger partial charge in [0.25, 0.3) is 0 Å². The van der Waals surface area contributed by atoms with E-state index in [-0.39, 0.29) is 27.0 Å². The normalized spacial score (nSPS) is 21.4. The van der Waals surface area contributed by atoms with Gasteiger partial charge in [-0.25, -0.2) is 12.8 Å². The van der Waals surface area contributed by atoms with Crippen LogP contribution in [0.25, 0.3) is 0 Å². The third kappa shape index (κ3) is 2.55. The van der Waals surface area contributed by atoms with Crippen molar-refractivity contribution in [2.24, 2.45) is 5.73 Å². The number of halogens is 3. The lowest BCUT2D eigenvalue weighted by atomic mass is 10.3. The molecule has 1 atom stereocenters. The number of rotatable bonds is 2. The highest BCUT2D eigenvalue weighted by molar-refractivity contribution is 9.10. The molecular weight excluding hydrogens is 347 g/mol. The maximum atomic E-state index is 13.1. The Bertz CT molecular complexity index is 558. The van der Waals surface area contributed by atoms with Crippen molar-refractivity contribution >= 4 is 37.6 Å². The lowest BCUT2D eigenvalue weighted by molar-refractivity contribution is 0.472. The van der Waals surface area contributed by atoms with E-state index in [0.29, 0.717) is 13.0 Å². The van der Waals surface area contributed by atoms with Gasteiger partial charge < -0.3 is 5.73 Å². The quantitative estimate of drug-likeness (QED) is 0.880. The summed E-state index contributed by atoms with van der Waals surface area (Å²) in [6.45, 7) is 0.603. The molecule has 0 radical (unpaired) electrons. The van der Waals surface area contributed by atoms with Gasteiger partial charge in [-0.05, 0) is 34.5 Å². The molecule has 0 spiro atoms. The minimum absolute atomic E-state index is 0.111. The first-order valence-electron chi connectivity index (χ1n) is 5.22. The number of sulfonamides is 1. The van der Waals surface area contributed by atoms with Crippen molar-refractivity contribution < 1.29 is 12.8 Å². The van der Waals surface area contributed by atoms with Gasteiger partial charge >= 0.3 is 0 Å². The van der Waals surface area contributed by atoms with Crippen LogP contribution in [0, 0.1) is 5.82 Å². The van der Waals surface area contributed by atoms with E-state index in [9.17, 15) is 12.8 Å². The average Bonchev–Trinajstić information content (AvgIpc) is 2.63. The summed E-state index contributed by atoms with van der Waals surface area (Å²) >= 11 is 8.86. The number of benzene rings is 1. The number of hydrogen-bond acceptors (Lipinski definition) is 3. The molecular formula is C10H11BrClFN2O2S. The third-order valence-corrected chi connectivity index (χ3v) is 6.01. The smallest absolute Gasteiger partial charge is 0.245 e. The van der Waals surface area contributed by atoms with Crippen molar-refractivity contribution in [2.75, 3.05) is 13.1 Å². The summed E-state index contributed by atoms with van der Waals surface area (Å²) < 4.78 is 39.2. The molecule has 2 rings (SSSR count). The summed E-state index contributed by atoms with van der Waals surface area (Å²) in [5.74, 6) is -0.594. The molecule has 0 unspecified atom stereocenters. The maximum Gasteiger partial charge on any atom is 0.245 e. The lowest BCUT2D eigenvalue weighted by Crippen LogP contribution is -2.32. The molecule has 0 aromatic heterocycles. The Morgan fingerprint density at radius 1 is 1.50 bits per heavy atom. The van der Waals surface area contributed by atoms with E-state index >= 15 is 0 Å². The van der Waals surface area contributed by atoms with Crippen LogP contribution in [0.1, 0.15) is 6.42 Å². The molecule has 0 aliphatic carbocycles. The van der Waals surface area contributed by atoms with Gasteiger partial charge in [-0.1, -0.05) is 11.6 Å². The first-order valence-corrected chi connectivity index (χ1v) is 7.83. The summed E-state index contributed by atoms with van der Waals surface area (Å²) in [5.41, 5.74) is 5.69. The molecule has 1 aliphatic rings. The zero-order valence-electron chi connectivity index (χ0n) is 9.24. The highest BCUT2D eigenvalue weighted by Gasteiger charge is 2.34. The second-order valence-corrected chi connectivity index (χ2v) is 7.25. The Balaban J connectivity index is 2.48. The van der Waals surface area contributed by atoms with Crippen molar-refractivity contribution in [3.8, 4) is 0 Å². The van der Waals surface area contributed by atoms with E-state index in [1.165, 1.54) is 4.31 Å². The van der Waals surface area contributed by atoms with Gasteiger partial charge in [-0.15, -0.1) is 0 Å². The maximum absolute atomic E-state index is 13.1. The predicted octanol–water partition coefficient (Wildman–Crippen LogP) is 1.96. The molecule has 4 nitrogen and oxygen atoms in total. The van der Waals surface area contributed by atoms with Crippen molar-refractivity contribution in [3.05, 3.63) is 27.4 Å². The molecule has 1 saturated heterocycles. The average molecular weight is 358 g/mol. The van der Waals surface area contributed by atoms with Crippen LogP contribution >= 0.6 is 27.5 Å². The minimum Gasteiger partial charge on any atom is -0.326 e. The monoisotopic (exact) mass is 356 g/mol. The largest absolute Gasteiger partial charge is 0.326 e.